The van der Waals surface area contributed by atoms with E-state index in [4.69, 9.17) is 0 Å². The first kappa shape index (κ1) is 19.3. The third-order valence-electron chi connectivity index (χ3n) is 4.93. The van der Waals surface area contributed by atoms with Crippen LogP contribution in [0, 0.1) is 5.92 Å². The van der Waals surface area contributed by atoms with E-state index in [0.717, 1.165) is 43.1 Å². The van der Waals surface area contributed by atoms with Crippen molar-refractivity contribution in [2.24, 2.45) is 5.92 Å². The van der Waals surface area contributed by atoms with E-state index in [1.165, 1.54) is 19.3 Å². The van der Waals surface area contributed by atoms with Gasteiger partial charge in [-0.25, -0.2) is 4.79 Å². The average molecular weight is 345 g/mol. The van der Waals surface area contributed by atoms with E-state index < -0.39 is 0 Å². The monoisotopic (exact) mass is 345 g/mol. The number of nitrogens with one attached hydrogen (secondary N) is 1. The van der Waals surface area contributed by atoms with E-state index in [1.807, 2.05) is 29.2 Å². The maximum Gasteiger partial charge on any atom is 0.321 e. The van der Waals surface area contributed by atoms with Crippen LogP contribution in [0.2, 0.25) is 0 Å². The van der Waals surface area contributed by atoms with Crippen LogP contribution in [0.5, 0.6) is 0 Å². The van der Waals surface area contributed by atoms with Gasteiger partial charge in [0, 0.05) is 32.9 Å². The van der Waals surface area contributed by atoms with Gasteiger partial charge in [-0.3, -0.25) is 4.79 Å². The van der Waals surface area contributed by atoms with Crippen LogP contribution in [0.15, 0.2) is 24.3 Å². The number of benzene rings is 1. The Hall–Kier alpha value is -2.04. The summed E-state index contributed by atoms with van der Waals surface area (Å²) in [5.74, 6) is 0.770. The first-order chi connectivity index (χ1) is 12.0. The number of nitrogens with zero attached hydrogens (tertiary/aromatic N) is 2. The Labute approximate surface area is 151 Å². The second kappa shape index (κ2) is 9.44. The molecule has 1 aromatic carbocycles. The maximum atomic E-state index is 12.7. The van der Waals surface area contributed by atoms with Gasteiger partial charge in [-0.15, -0.1) is 0 Å². The van der Waals surface area contributed by atoms with Gasteiger partial charge in [0.05, 0.1) is 6.42 Å². The van der Waals surface area contributed by atoms with Crippen LogP contribution in [0.4, 0.5) is 10.5 Å². The molecule has 0 saturated carbocycles. The molecule has 1 aliphatic heterocycles. The molecule has 5 nitrogen and oxygen atoms in total. The molecule has 1 saturated heterocycles. The molecule has 1 atom stereocenters. The lowest BCUT2D eigenvalue weighted by Gasteiger charge is -2.22. The van der Waals surface area contributed by atoms with Gasteiger partial charge < -0.3 is 15.1 Å². The largest absolute Gasteiger partial charge is 0.349 e. The van der Waals surface area contributed by atoms with Gasteiger partial charge in [0.25, 0.3) is 0 Å². The molecule has 1 fully saturated rings. The first-order valence-corrected chi connectivity index (χ1v) is 9.35. The van der Waals surface area contributed by atoms with Crippen LogP contribution in [0.25, 0.3) is 0 Å². The third-order valence-corrected chi connectivity index (χ3v) is 4.93. The summed E-state index contributed by atoms with van der Waals surface area (Å²) in [5, 5.41) is 3.02. The maximum absolute atomic E-state index is 12.7. The van der Waals surface area contributed by atoms with Crippen LogP contribution in [0.3, 0.4) is 0 Å². The number of anilines is 1. The highest BCUT2D eigenvalue weighted by Crippen LogP contribution is 2.23. The number of likely N-dealkylation sites (tertiary alicyclic amines) is 1. The summed E-state index contributed by atoms with van der Waals surface area (Å²) < 4.78 is 0. The van der Waals surface area contributed by atoms with Gasteiger partial charge in [0.15, 0.2) is 0 Å². The Morgan fingerprint density at radius 3 is 2.68 bits per heavy atom. The summed E-state index contributed by atoms with van der Waals surface area (Å²) in [6.07, 6.45) is 6.13. The molecule has 1 unspecified atom stereocenters. The van der Waals surface area contributed by atoms with E-state index in [9.17, 15) is 9.59 Å². The van der Waals surface area contributed by atoms with E-state index >= 15 is 0 Å². The molecule has 1 aliphatic rings. The average Bonchev–Trinajstić information content (AvgIpc) is 2.82. The molecule has 0 radical (unpaired) electrons. The number of amides is 3. The highest BCUT2D eigenvalue weighted by atomic mass is 16.2. The van der Waals surface area contributed by atoms with E-state index in [-0.39, 0.29) is 11.9 Å². The SMILES string of the molecule is CCCC1CCCN(C(=O)Nc2ccccc2CC(=O)N(C)C)CC1. The van der Waals surface area contributed by atoms with Gasteiger partial charge in [-0.05, 0) is 36.8 Å². The quantitative estimate of drug-likeness (QED) is 0.883. The van der Waals surface area contributed by atoms with Crippen molar-refractivity contribution in [2.45, 2.75) is 45.4 Å². The predicted molar refractivity (Wildman–Crippen MR) is 102 cm³/mol. The standard InChI is InChI=1S/C20H31N3O2/c1-4-8-16-9-7-13-23(14-12-16)20(25)21-18-11-6-5-10-17(18)15-19(24)22(2)3/h5-6,10-11,16H,4,7-9,12-15H2,1-3H3,(H,21,25). The highest BCUT2D eigenvalue weighted by Gasteiger charge is 2.21. The van der Waals surface area contributed by atoms with E-state index in [1.54, 1.807) is 19.0 Å². The molecule has 1 N–H and O–H groups in total. The van der Waals surface area contributed by atoms with E-state index in [0.29, 0.717) is 6.42 Å². The fraction of sp³-hybridized carbons (Fsp3) is 0.600. The molecule has 1 aromatic rings. The van der Waals surface area contributed by atoms with Gasteiger partial charge in [0.2, 0.25) is 5.91 Å². The molecule has 25 heavy (non-hydrogen) atoms. The van der Waals surface area contributed by atoms with Crippen molar-refractivity contribution in [2.75, 3.05) is 32.5 Å². The van der Waals surface area contributed by atoms with Crippen LogP contribution in [0.1, 0.15) is 44.6 Å². The number of carbonyl (C=O) groups excluding carboxylic acids is 2. The van der Waals surface area contributed by atoms with Crippen molar-refractivity contribution < 1.29 is 9.59 Å². The van der Waals surface area contributed by atoms with Crippen LogP contribution < -0.4 is 5.32 Å². The van der Waals surface area contributed by atoms with Crippen molar-refractivity contribution in [3.63, 3.8) is 0 Å². The number of para-hydroxylation sites is 1. The molecule has 138 valence electrons. The lowest BCUT2D eigenvalue weighted by molar-refractivity contribution is -0.127. The molecule has 1 heterocycles. The third kappa shape index (κ3) is 5.76. The van der Waals surface area contributed by atoms with E-state index in [2.05, 4.69) is 12.2 Å². The number of urea groups is 1. The zero-order valence-corrected chi connectivity index (χ0v) is 15.8. The smallest absolute Gasteiger partial charge is 0.321 e. The lowest BCUT2D eigenvalue weighted by Crippen LogP contribution is -2.36. The van der Waals surface area contributed by atoms with Crippen molar-refractivity contribution in [3.05, 3.63) is 29.8 Å². The van der Waals surface area contributed by atoms with Crippen molar-refractivity contribution in [3.8, 4) is 0 Å². The Morgan fingerprint density at radius 1 is 1.20 bits per heavy atom. The second-order valence-electron chi connectivity index (χ2n) is 7.12. The number of hydrogen-bond donors (Lipinski definition) is 1. The zero-order valence-electron chi connectivity index (χ0n) is 15.8. The molecule has 3 amide bonds. The number of hydrogen-bond acceptors (Lipinski definition) is 2. The summed E-state index contributed by atoms with van der Waals surface area (Å²) >= 11 is 0. The Morgan fingerprint density at radius 2 is 1.96 bits per heavy atom. The van der Waals surface area contributed by atoms with Crippen molar-refractivity contribution in [1.29, 1.82) is 0 Å². The molecule has 2 rings (SSSR count). The molecule has 5 heteroatoms. The summed E-state index contributed by atoms with van der Waals surface area (Å²) in [4.78, 5) is 28.2. The van der Waals surface area contributed by atoms with Gasteiger partial charge in [0.1, 0.15) is 0 Å². The molecule has 0 bridgehead atoms. The molecule has 0 spiro atoms. The Bertz CT molecular complexity index is 586. The van der Waals surface area contributed by atoms with Gasteiger partial charge in [-0.1, -0.05) is 38.0 Å². The summed E-state index contributed by atoms with van der Waals surface area (Å²) in [6.45, 7) is 3.85. The number of likely N-dealkylation sites (N-methyl/N-ethyl adjacent to an activating group) is 1. The Balaban J connectivity index is 1.99. The van der Waals surface area contributed by atoms with Gasteiger partial charge >= 0.3 is 6.03 Å². The predicted octanol–water partition coefficient (Wildman–Crippen LogP) is 3.75. The normalized spacial score (nSPS) is 17.7. The molecular formula is C20H31N3O2. The topological polar surface area (TPSA) is 52.7 Å². The minimum absolute atomic E-state index is 0.0267. The lowest BCUT2D eigenvalue weighted by atomic mass is 9.96. The number of carbonyl (C=O) groups is 2. The molecule has 0 aromatic heterocycles. The molecule has 0 aliphatic carbocycles. The fourth-order valence-electron chi connectivity index (χ4n) is 3.38. The number of rotatable bonds is 5. The minimum Gasteiger partial charge on any atom is -0.349 e. The van der Waals surface area contributed by atoms with Crippen molar-refractivity contribution >= 4 is 17.6 Å². The van der Waals surface area contributed by atoms with Crippen LogP contribution >= 0.6 is 0 Å². The minimum atomic E-state index is -0.0538. The van der Waals surface area contributed by atoms with Crippen LogP contribution in [-0.2, 0) is 11.2 Å². The summed E-state index contributed by atoms with van der Waals surface area (Å²) in [6, 6.07) is 7.50. The summed E-state index contributed by atoms with van der Waals surface area (Å²) in [5.41, 5.74) is 1.59. The fourth-order valence-corrected chi connectivity index (χ4v) is 3.38. The highest BCUT2D eigenvalue weighted by molar-refractivity contribution is 5.91. The Kier molecular flexibility index (Phi) is 7.29. The van der Waals surface area contributed by atoms with Crippen molar-refractivity contribution in [1.82, 2.24) is 9.80 Å². The summed E-state index contributed by atoms with van der Waals surface area (Å²) in [7, 11) is 3.49. The van der Waals surface area contributed by atoms with Crippen LogP contribution in [-0.4, -0.2) is 48.9 Å². The molecular weight excluding hydrogens is 314 g/mol. The second-order valence-corrected chi connectivity index (χ2v) is 7.12. The van der Waals surface area contributed by atoms with Gasteiger partial charge in [-0.2, -0.15) is 0 Å². The first-order valence-electron chi connectivity index (χ1n) is 9.35. The zero-order chi connectivity index (χ0) is 18.2.